The van der Waals surface area contributed by atoms with Gasteiger partial charge in [-0.2, -0.15) is 13.2 Å². The summed E-state index contributed by atoms with van der Waals surface area (Å²) in [6.07, 6.45) is -2.46. The average Bonchev–Trinajstić information content (AvgIpc) is 2.97. The summed E-state index contributed by atoms with van der Waals surface area (Å²) >= 11 is 0. The summed E-state index contributed by atoms with van der Waals surface area (Å²) in [5.74, 6) is 0.781. The smallest absolute Gasteiger partial charge is 0.352 e. The molecular weight excluding hydrogens is 317 g/mol. The fourth-order valence-electron chi connectivity index (χ4n) is 3.50. The molecule has 1 unspecified atom stereocenters. The van der Waals surface area contributed by atoms with Gasteiger partial charge in [0.15, 0.2) is 5.96 Å². The van der Waals surface area contributed by atoms with Crippen LogP contribution in [0.15, 0.2) is 29.3 Å². The van der Waals surface area contributed by atoms with Gasteiger partial charge in [-0.15, -0.1) is 0 Å². The van der Waals surface area contributed by atoms with Crippen molar-refractivity contribution in [1.29, 1.82) is 0 Å². The molecule has 24 heavy (non-hydrogen) atoms. The van der Waals surface area contributed by atoms with E-state index in [0.29, 0.717) is 19.5 Å². The van der Waals surface area contributed by atoms with E-state index in [1.807, 2.05) is 6.07 Å². The minimum Gasteiger partial charge on any atom is -0.352 e. The first kappa shape index (κ1) is 17.1. The van der Waals surface area contributed by atoms with E-state index < -0.39 is 12.7 Å². The quantitative estimate of drug-likeness (QED) is 0.662. The molecule has 1 saturated heterocycles. The lowest BCUT2D eigenvalue weighted by atomic mass is 10.0. The van der Waals surface area contributed by atoms with E-state index in [0.717, 1.165) is 25.5 Å². The number of halogens is 3. The van der Waals surface area contributed by atoms with Crippen LogP contribution in [0.5, 0.6) is 0 Å². The van der Waals surface area contributed by atoms with Crippen molar-refractivity contribution in [2.45, 2.75) is 31.6 Å². The summed E-state index contributed by atoms with van der Waals surface area (Å²) in [7, 11) is 1.73. The van der Waals surface area contributed by atoms with Gasteiger partial charge >= 0.3 is 6.18 Å². The Bertz CT molecular complexity index is 600. The van der Waals surface area contributed by atoms with Crippen LogP contribution in [0.25, 0.3) is 0 Å². The number of hydrogen-bond donors (Lipinski definition) is 1. The Hall–Kier alpha value is -1.76. The molecule has 2 aliphatic rings. The summed E-state index contributed by atoms with van der Waals surface area (Å²) in [5, 5.41) is 3.35. The predicted octanol–water partition coefficient (Wildman–Crippen LogP) is 2.26. The minimum atomic E-state index is -4.13. The Morgan fingerprint density at radius 1 is 1.25 bits per heavy atom. The molecule has 0 aromatic heterocycles. The Morgan fingerprint density at radius 2 is 2.00 bits per heavy atom. The molecule has 4 nitrogen and oxygen atoms in total. The van der Waals surface area contributed by atoms with Gasteiger partial charge in [-0.3, -0.25) is 9.89 Å². The lowest BCUT2D eigenvalue weighted by Crippen LogP contribution is -2.48. The maximum Gasteiger partial charge on any atom is 0.401 e. The largest absolute Gasteiger partial charge is 0.401 e. The molecule has 0 bridgehead atoms. The normalized spacial score (nSPS) is 22.6. The molecule has 0 saturated carbocycles. The second-order valence-electron chi connectivity index (χ2n) is 6.47. The molecule has 1 fully saturated rings. The molecule has 7 heteroatoms. The Labute approximate surface area is 140 Å². The highest BCUT2D eigenvalue weighted by Crippen LogP contribution is 2.21. The fraction of sp³-hybridized carbons (Fsp3) is 0.588. The number of rotatable bonds is 2. The van der Waals surface area contributed by atoms with Crippen LogP contribution in [-0.4, -0.2) is 61.2 Å². The van der Waals surface area contributed by atoms with Crippen LogP contribution in [-0.2, 0) is 13.0 Å². The molecule has 2 heterocycles. The van der Waals surface area contributed by atoms with Crippen LogP contribution >= 0.6 is 0 Å². The van der Waals surface area contributed by atoms with Crippen LogP contribution in [0.3, 0.4) is 0 Å². The first-order chi connectivity index (χ1) is 11.4. The van der Waals surface area contributed by atoms with Gasteiger partial charge in [-0.1, -0.05) is 24.3 Å². The minimum absolute atomic E-state index is 0.0169. The number of likely N-dealkylation sites (tertiary alicyclic amines) is 1. The van der Waals surface area contributed by atoms with Crippen molar-refractivity contribution in [3.8, 4) is 0 Å². The molecule has 1 atom stereocenters. The van der Waals surface area contributed by atoms with Crippen LogP contribution < -0.4 is 5.32 Å². The molecule has 0 aliphatic carbocycles. The van der Waals surface area contributed by atoms with E-state index in [1.165, 1.54) is 16.0 Å². The van der Waals surface area contributed by atoms with Gasteiger partial charge in [-0.05, 0) is 24.0 Å². The van der Waals surface area contributed by atoms with Gasteiger partial charge in [0, 0.05) is 39.3 Å². The number of benzene rings is 1. The number of guanidine groups is 1. The molecule has 132 valence electrons. The molecule has 1 aromatic carbocycles. The van der Waals surface area contributed by atoms with Crippen molar-refractivity contribution in [1.82, 2.24) is 15.1 Å². The molecule has 0 spiro atoms. The van der Waals surface area contributed by atoms with Crippen molar-refractivity contribution in [2.24, 2.45) is 4.99 Å². The second-order valence-corrected chi connectivity index (χ2v) is 6.47. The van der Waals surface area contributed by atoms with Crippen LogP contribution in [0.4, 0.5) is 13.2 Å². The molecule has 3 rings (SSSR count). The zero-order chi connectivity index (χ0) is 17.2. The van der Waals surface area contributed by atoms with E-state index in [2.05, 4.69) is 33.4 Å². The highest BCUT2D eigenvalue weighted by Gasteiger charge is 2.34. The Kier molecular flexibility index (Phi) is 4.99. The van der Waals surface area contributed by atoms with Gasteiger partial charge in [-0.25, -0.2) is 0 Å². The lowest BCUT2D eigenvalue weighted by molar-refractivity contribution is -0.143. The maximum absolute atomic E-state index is 12.5. The first-order valence-corrected chi connectivity index (χ1v) is 8.29. The van der Waals surface area contributed by atoms with Crippen LogP contribution in [0.2, 0.25) is 0 Å². The van der Waals surface area contributed by atoms with E-state index in [4.69, 9.17) is 0 Å². The number of alkyl halides is 3. The van der Waals surface area contributed by atoms with Crippen LogP contribution in [0, 0.1) is 0 Å². The number of fused-ring (bicyclic) bond motifs is 1. The maximum atomic E-state index is 12.5. The van der Waals surface area contributed by atoms with E-state index >= 15 is 0 Å². The standard InChI is InChI=1S/C17H23F3N4/c1-21-16(22-15-7-8-23(11-15)12-17(18,19)20)24-9-6-13-4-2-3-5-14(13)10-24/h2-5,15H,6-12H2,1H3,(H,21,22). The molecule has 1 N–H and O–H groups in total. The zero-order valence-electron chi connectivity index (χ0n) is 13.8. The summed E-state index contributed by atoms with van der Waals surface area (Å²) in [6.45, 7) is 1.70. The predicted molar refractivity (Wildman–Crippen MR) is 88.0 cm³/mol. The number of nitrogens with zero attached hydrogens (tertiary/aromatic N) is 3. The third-order valence-corrected chi connectivity index (χ3v) is 4.65. The van der Waals surface area contributed by atoms with Gasteiger partial charge in [0.05, 0.1) is 6.54 Å². The Balaban J connectivity index is 1.57. The van der Waals surface area contributed by atoms with Crippen molar-refractivity contribution in [2.75, 3.05) is 33.2 Å². The number of nitrogens with one attached hydrogen (secondary N) is 1. The molecule has 0 radical (unpaired) electrons. The second kappa shape index (κ2) is 7.01. The van der Waals surface area contributed by atoms with Crippen molar-refractivity contribution in [3.05, 3.63) is 35.4 Å². The van der Waals surface area contributed by atoms with Crippen molar-refractivity contribution in [3.63, 3.8) is 0 Å². The van der Waals surface area contributed by atoms with Gasteiger partial charge < -0.3 is 10.2 Å². The van der Waals surface area contributed by atoms with E-state index in [9.17, 15) is 13.2 Å². The molecular formula is C17H23F3N4. The number of aliphatic imine (C=N–C) groups is 1. The summed E-state index contributed by atoms with van der Waals surface area (Å²) in [5.41, 5.74) is 2.65. The SMILES string of the molecule is CN=C(NC1CCN(CC(F)(F)F)C1)N1CCc2ccccc2C1. The third-order valence-electron chi connectivity index (χ3n) is 4.65. The monoisotopic (exact) mass is 340 g/mol. The van der Waals surface area contributed by atoms with Crippen molar-refractivity contribution < 1.29 is 13.2 Å². The van der Waals surface area contributed by atoms with Crippen LogP contribution in [0.1, 0.15) is 17.5 Å². The highest BCUT2D eigenvalue weighted by molar-refractivity contribution is 5.80. The number of hydrogen-bond acceptors (Lipinski definition) is 2. The van der Waals surface area contributed by atoms with Gasteiger partial charge in [0.2, 0.25) is 0 Å². The molecule has 2 aliphatic heterocycles. The van der Waals surface area contributed by atoms with Gasteiger partial charge in [0.25, 0.3) is 0 Å². The Morgan fingerprint density at radius 3 is 2.71 bits per heavy atom. The molecule has 0 amide bonds. The molecule has 1 aromatic rings. The average molecular weight is 340 g/mol. The summed E-state index contributed by atoms with van der Waals surface area (Å²) in [6, 6.07) is 8.37. The third kappa shape index (κ3) is 4.20. The topological polar surface area (TPSA) is 30.9 Å². The van der Waals surface area contributed by atoms with E-state index in [-0.39, 0.29) is 6.04 Å². The summed E-state index contributed by atoms with van der Waals surface area (Å²) in [4.78, 5) is 7.97. The summed E-state index contributed by atoms with van der Waals surface area (Å²) < 4.78 is 37.5. The fourth-order valence-corrected chi connectivity index (χ4v) is 3.50. The lowest BCUT2D eigenvalue weighted by Gasteiger charge is -2.33. The highest BCUT2D eigenvalue weighted by atomic mass is 19.4. The van der Waals surface area contributed by atoms with Crippen molar-refractivity contribution >= 4 is 5.96 Å². The van der Waals surface area contributed by atoms with Gasteiger partial charge in [0.1, 0.15) is 0 Å². The first-order valence-electron chi connectivity index (χ1n) is 8.29. The zero-order valence-corrected chi connectivity index (χ0v) is 13.8. The van der Waals surface area contributed by atoms with E-state index in [1.54, 1.807) is 7.05 Å².